The van der Waals surface area contributed by atoms with Gasteiger partial charge in [0.2, 0.25) is 0 Å². The van der Waals surface area contributed by atoms with Crippen LogP contribution in [0.3, 0.4) is 0 Å². The highest BCUT2D eigenvalue weighted by atomic mass is 16.5. The van der Waals surface area contributed by atoms with E-state index in [2.05, 4.69) is 27.6 Å². The highest BCUT2D eigenvalue weighted by molar-refractivity contribution is 5.93. The normalized spacial score (nSPS) is 14.7. The van der Waals surface area contributed by atoms with Gasteiger partial charge in [-0.1, -0.05) is 12.0 Å². The Kier molecular flexibility index (Phi) is 4.60. The largest absolute Gasteiger partial charge is 0.487 e. The van der Waals surface area contributed by atoms with Gasteiger partial charge in [-0.05, 0) is 24.3 Å². The van der Waals surface area contributed by atoms with Gasteiger partial charge in [-0.3, -0.25) is 0 Å². The number of methoxy groups -OCH3 is 2. The van der Waals surface area contributed by atoms with E-state index in [0.29, 0.717) is 28.0 Å². The fraction of sp³-hybridized carbons (Fsp3) is 0.273. The number of fused-ring (bicyclic) bond motifs is 1. The van der Waals surface area contributed by atoms with Gasteiger partial charge in [0, 0.05) is 36.8 Å². The molecule has 3 aromatic rings. The Balaban J connectivity index is 1.87. The van der Waals surface area contributed by atoms with Gasteiger partial charge in [-0.25, -0.2) is 9.97 Å². The van der Waals surface area contributed by atoms with Crippen LogP contribution in [0.15, 0.2) is 42.7 Å². The lowest BCUT2D eigenvalue weighted by Gasteiger charge is -2.15. The Hall–Kier alpha value is -3.34. The van der Waals surface area contributed by atoms with Crippen molar-refractivity contribution in [1.29, 1.82) is 0 Å². The number of anilines is 2. The molecule has 0 fully saturated rings. The average molecular weight is 400 g/mol. The van der Waals surface area contributed by atoms with Crippen molar-refractivity contribution in [3.05, 3.63) is 48.3 Å². The molecule has 0 saturated carbocycles. The quantitative estimate of drug-likeness (QED) is 0.413. The maximum atomic E-state index is 7.13. The van der Waals surface area contributed by atoms with E-state index in [1.54, 1.807) is 30.3 Å². The molecule has 1 N–H and O–H groups in total. The van der Waals surface area contributed by atoms with Crippen LogP contribution in [-0.2, 0) is 9.47 Å². The van der Waals surface area contributed by atoms with E-state index in [9.17, 15) is 0 Å². The molecule has 0 aliphatic carbocycles. The summed E-state index contributed by atoms with van der Waals surface area (Å²) in [7, 11) is -5.10. The molecule has 1 heterocycles. The number of nitrogens with one attached hydrogen (secondary N) is 1. The second-order valence-corrected chi connectivity index (χ2v) is 5.76. The van der Waals surface area contributed by atoms with Crippen molar-refractivity contribution < 1.29 is 28.5 Å². The van der Waals surface area contributed by atoms with Crippen LogP contribution >= 0.6 is 0 Å². The van der Waals surface area contributed by atoms with Crippen LogP contribution in [0.25, 0.3) is 10.9 Å². The molecule has 0 atom stereocenters. The highest BCUT2D eigenvalue weighted by Gasteiger charge is 2.13. The van der Waals surface area contributed by atoms with Gasteiger partial charge < -0.3 is 24.3 Å². The summed E-state index contributed by atoms with van der Waals surface area (Å²) in [6.45, 7) is -0.553. The minimum atomic E-state index is -2.55. The van der Waals surface area contributed by atoms with Crippen molar-refractivity contribution in [2.24, 2.45) is 0 Å². The molecule has 1 aromatic heterocycles. The zero-order chi connectivity index (χ0) is 26.2. The Morgan fingerprint density at radius 2 is 1.83 bits per heavy atom. The van der Waals surface area contributed by atoms with Crippen LogP contribution < -0.4 is 14.8 Å². The SMILES string of the molecule is [2H]C#Cc1cccc(Nc2ncnc3cc(OCCOC([2H])([2H])[2H])c(OCCOC([2H])([2H])[2H])cc23)c1. The van der Waals surface area contributed by atoms with Gasteiger partial charge in [-0.15, -0.1) is 6.40 Å². The number of rotatable bonds is 10. The summed E-state index contributed by atoms with van der Waals surface area (Å²) in [5, 5.41) is 3.77. The first kappa shape index (κ1) is 13.0. The van der Waals surface area contributed by atoms with Gasteiger partial charge in [0.1, 0.15) is 26.7 Å². The molecule has 0 spiro atoms. The van der Waals surface area contributed by atoms with Crippen LogP contribution in [0.2, 0.25) is 0 Å². The van der Waals surface area contributed by atoms with E-state index in [-0.39, 0.29) is 37.9 Å². The topological polar surface area (TPSA) is 74.7 Å². The summed E-state index contributed by atoms with van der Waals surface area (Å²) >= 11 is 0. The Morgan fingerprint density at radius 3 is 2.59 bits per heavy atom. The van der Waals surface area contributed by atoms with Gasteiger partial charge in [0.25, 0.3) is 0 Å². The van der Waals surface area contributed by atoms with Crippen LogP contribution in [0, 0.1) is 12.3 Å². The van der Waals surface area contributed by atoms with Crippen molar-refractivity contribution in [3.63, 3.8) is 0 Å². The third-order valence-electron chi connectivity index (χ3n) is 3.86. The lowest BCUT2D eigenvalue weighted by atomic mass is 10.2. The molecule has 0 unspecified atom stereocenters. The molecule has 0 bridgehead atoms. The summed E-state index contributed by atoms with van der Waals surface area (Å²) < 4.78 is 70.7. The molecule has 7 nitrogen and oxygen atoms in total. The molecule has 0 aliphatic heterocycles. The van der Waals surface area contributed by atoms with Gasteiger partial charge in [0.05, 0.1) is 27.0 Å². The van der Waals surface area contributed by atoms with E-state index in [0.717, 1.165) is 0 Å². The fourth-order valence-electron chi connectivity index (χ4n) is 2.59. The molecule has 2 aromatic carbocycles. The van der Waals surface area contributed by atoms with Crippen molar-refractivity contribution in [1.82, 2.24) is 9.97 Å². The number of terminal acetylenes is 1. The van der Waals surface area contributed by atoms with Gasteiger partial charge >= 0.3 is 0 Å². The lowest BCUT2D eigenvalue weighted by Crippen LogP contribution is -2.09. The Morgan fingerprint density at radius 1 is 1.03 bits per heavy atom. The molecule has 0 aliphatic rings. The van der Waals surface area contributed by atoms with Crippen molar-refractivity contribution in [3.8, 4) is 23.8 Å². The highest BCUT2D eigenvalue weighted by Crippen LogP contribution is 2.35. The second-order valence-electron chi connectivity index (χ2n) is 5.76. The molecule has 150 valence electrons. The van der Waals surface area contributed by atoms with E-state index in [1.807, 2.05) is 6.07 Å². The maximum Gasteiger partial charge on any atom is 0.163 e. The first-order chi connectivity index (χ1) is 17.0. The first-order valence-corrected chi connectivity index (χ1v) is 8.66. The molecule has 0 amide bonds. The molecule has 0 radical (unpaired) electrons. The van der Waals surface area contributed by atoms with Crippen LogP contribution in [0.1, 0.15) is 15.2 Å². The summed E-state index contributed by atoms with van der Waals surface area (Å²) in [6.07, 6.45) is 3.48. The van der Waals surface area contributed by atoms with Gasteiger partial charge in [0.15, 0.2) is 11.5 Å². The number of hydrogen-bond donors (Lipinski definition) is 1. The van der Waals surface area contributed by atoms with Crippen molar-refractivity contribution in [2.45, 2.75) is 0 Å². The Bertz CT molecular complexity index is 1240. The van der Waals surface area contributed by atoms with E-state index < -0.39 is 14.1 Å². The minimum absolute atomic E-state index is 0.0773. The fourth-order valence-corrected chi connectivity index (χ4v) is 2.59. The molecule has 0 saturated heterocycles. The van der Waals surface area contributed by atoms with Crippen LogP contribution in [-0.4, -0.2) is 50.5 Å². The third-order valence-corrected chi connectivity index (χ3v) is 3.86. The molecule has 29 heavy (non-hydrogen) atoms. The van der Waals surface area contributed by atoms with Crippen LogP contribution in [0.4, 0.5) is 11.5 Å². The second kappa shape index (κ2) is 10.3. The zero-order valence-corrected chi connectivity index (χ0v) is 15.4. The molecule has 7 heteroatoms. The minimum Gasteiger partial charge on any atom is -0.487 e. The summed E-state index contributed by atoms with van der Waals surface area (Å²) in [5.74, 6) is 3.63. The first-order valence-electron chi connectivity index (χ1n) is 12.2. The Labute approximate surface area is 179 Å². The standard InChI is InChI=1S/C22H23N3O4/c1-4-16-6-5-7-17(12-16)25-22-18-13-20(28-10-8-26-2)21(29-11-9-27-3)14-19(18)23-15-24-22/h1,5-7,12-15H,8-11H2,2-3H3,(H,23,24,25)/i1D,2D3,3D3. The van der Waals surface area contributed by atoms with E-state index in [1.165, 1.54) is 6.33 Å². The molecular formula is C22H23N3O4. The van der Waals surface area contributed by atoms with E-state index >= 15 is 0 Å². The van der Waals surface area contributed by atoms with Gasteiger partial charge in [-0.2, -0.15) is 0 Å². The number of nitrogens with zero attached hydrogens (tertiary/aromatic N) is 2. The molecule has 3 rings (SSSR count). The maximum absolute atomic E-state index is 7.13. The average Bonchev–Trinajstić information content (AvgIpc) is 2.79. The van der Waals surface area contributed by atoms with E-state index in [4.69, 9.17) is 28.5 Å². The number of ether oxygens (including phenoxy) is 4. The number of benzene rings is 2. The summed E-state index contributed by atoms with van der Waals surface area (Å²) in [5.41, 5.74) is 1.85. The lowest BCUT2D eigenvalue weighted by molar-refractivity contribution is 0.132. The summed E-state index contributed by atoms with van der Waals surface area (Å²) in [6, 6.07) is 10.4. The zero-order valence-electron chi connectivity index (χ0n) is 22.4. The van der Waals surface area contributed by atoms with Crippen molar-refractivity contribution in [2.75, 3.05) is 45.8 Å². The summed E-state index contributed by atoms with van der Waals surface area (Å²) in [4.78, 5) is 8.58. The van der Waals surface area contributed by atoms with Crippen LogP contribution in [0.5, 0.6) is 11.5 Å². The predicted octanol–water partition coefficient (Wildman–Crippen LogP) is 3.41. The monoisotopic (exact) mass is 400 g/mol. The third kappa shape index (κ3) is 5.35. The smallest absolute Gasteiger partial charge is 0.163 e. The number of aromatic nitrogens is 2. The predicted molar refractivity (Wildman–Crippen MR) is 112 cm³/mol. The molecular weight excluding hydrogens is 370 g/mol. The number of hydrogen-bond acceptors (Lipinski definition) is 7. The van der Waals surface area contributed by atoms with Crippen molar-refractivity contribution >= 4 is 22.4 Å².